The lowest BCUT2D eigenvalue weighted by Crippen LogP contribution is -1.99. The number of rotatable bonds is 10. The lowest BCUT2D eigenvalue weighted by atomic mass is 9.99. The van der Waals surface area contributed by atoms with Gasteiger partial charge in [-0.15, -0.1) is 0 Å². The second kappa shape index (κ2) is 10.2. The van der Waals surface area contributed by atoms with E-state index in [1.807, 2.05) is 6.20 Å². The fourth-order valence-electron chi connectivity index (χ4n) is 4.46. The largest absolute Gasteiger partial charge is 0.342 e. The van der Waals surface area contributed by atoms with E-state index >= 15 is 0 Å². The maximum absolute atomic E-state index is 5.61. The molecule has 6 nitrogen and oxygen atoms in total. The van der Waals surface area contributed by atoms with Gasteiger partial charge < -0.3 is 21.4 Å². The van der Waals surface area contributed by atoms with Crippen LogP contribution in [0.25, 0.3) is 44.2 Å². The number of hydrogen-bond acceptors (Lipinski definition) is 4. The molecule has 5 rings (SSSR count). The number of aromatic nitrogens is 4. The third-order valence-electron chi connectivity index (χ3n) is 6.38. The van der Waals surface area contributed by atoms with Gasteiger partial charge in [0.15, 0.2) is 0 Å². The number of nitrogens with one attached hydrogen (secondary N) is 2. The average Bonchev–Trinajstić information content (AvgIpc) is 3.50. The predicted molar refractivity (Wildman–Crippen MR) is 141 cm³/mol. The van der Waals surface area contributed by atoms with E-state index in [0.717, 1.165) is 85.6 Å². The molecule has 0 saturated carbocycles. The highest BCUT2D eigenvalue weighted by Crippen LogP contribution is 2.29. The van der Waals surface area contributed by atoms with Gasteiger partial charge in [-0.05, 0) is 84.9 Å². The summed E-state index contributed by atoms with van der Waals surface area (Å²) in [5.74, 6) is 2.06. The highest BCUT2D eigenvalue weighted by Gasteiger charge is 2.08. The first-order chi connectivity index (χ1) is 16.7. The molecule has 0 bridgehead atoms. The number of nitrogens with zero attached hydrogens (tertiary/aromatic N) is 2. The van der Waals surface area contributed by atoms with E-state index in [9.17, 15) is 0 Å². The fraction of sp³-hybridized carbons (Fsp3) is 0.286. The lowest BCUT2D eigenvalue weighted by Gasteiger charge is -2.06. The first-order valence-corrected chi connectivity index (χ1v) is 12.2. The fourth-order valence-corrected chi connectivity index (χ4v) is 4.46. The van der Waals surface area contributed by atoms with Gasteiger partial charge in [0.1, 0.15) is 11.6 Å². The summed E-state index contributed by atoms with van der Waals surface area (Å²) in [7, 11) is 0. The van der Waals surface area contributed by atoms with Gasteiger partial charge in [0.25, 0.3) is 0 Å². The zero-order chi connectivity index (χ0) is 23.3. The zero-order valence-corrected chi connectivity index (χ0v) is 19.5. The number of H-pyrrole nitrogens is 2. The summed E-state index contributed by atoms with van der Waals surface area (Å²) in [4.78, 5) is 16.2. The van der Waals surface area contributed by atoms with Crippen LogP contribution in [0.3, 0.4) is 0 Å². The van der Waals surface area contributed by atoms with Crippen LogP contribution in [0, 0.1) is 0 Å². The van der Waals surface area contributed by atoms with Crippen molar-refractivity contribution in [2.24, 2.45) is 11.5 Å². The predicted octanol–water partition coefficient (Wildman–Crippen LogP) is 5.34. The van der Waals surface area contributed by atoms with E-state index in [-0.39, 0.29) is 0 Å². The number of unbranched alkanes of at least 4 members (excludes halogenated alkanes) is 2. The summed E-state index contributed by atoms with van der Waals surface area (Å²) in [5.41, 5.74) is 17.9. The number of aryl methyl sites for hydroxylation is 2. The van der Waals surface area contributed by atoms with Crippen LogP contribution in [-0.4, -0.2) is 33.0 Å². The number of aromatic amines is 2. The maximum atomic E-state index is 5.61. The van der Waals surface area contributed by atoms with Crippen LogP contribution in [0.1, 0.15) is 37.3 Å². The molecule has 2 aromatic heterocycles. The van der Waals surface area contributed by atoms with Crippen molar-refractivity contribution in [3.8, 4) is 22.4 Å². The summed E-state index contributed by atoms with van der Waals surface area (Å²) in [5, 5.41) is 2.43. The molecule has 0 radical (unpaired) electrons. The van der Waals surface area contributed by atoms with Crippen LogP contribution >= 0.6 is 0 Å². The highest BCUT2D eigenvalue weighted by molar-refractivity contribution is 5.91. The Morgan fingerprint density at radius 2 is 1.29 bits per heavy atom. The molecular weight excluding hydrogens is 420 g/mol. The standard InChI is InChI=1S/C28H32N6/c29-13-3-1-5-27-31-18-26(34-27)23-10-9-19-15-20(7-8-21(19)16-23)22-11-12-24-25(17-22)33-28(32-24)6-2-4-14-30/h7-12,15-18H,1-6,13-14,29-30H2,(H,31,34)(H,32,33). The van der Waals surface area contributed by atoms with Gasteiger partial charge in [-0.1, -0.05) is 30.3 Å². The quantitative estimate of drug-likeness (QED) is 0.215. The minimum absolute atomic E-state index is 0.728. The van der Waals surface area contributed by atoms with Crippen LogP contribution in [0.2, 0.25) is 0 Å². The van der Waals surface area contributed by atoms with E-state index < -0.39 is 0 Å². The molecule has 0 atom stereocenters. The van der Waals surface area contributed by atoms with Crippen molar-refractivity contribution in [1.82, 2.24) is 19.9 Å². The Balaban J connectivity index is 1.36. The van der Waals surface area contributed by atoms with E-state index in [1.54, 1.807) is 0 Å². The summed E-state index contributed by atoms with van der Waals surface area (Å²) in [6.45, 7) is 1.46. The number of imidazole rings is 2. The first kappa shape index (κ1) is 22.3. The first-order valence-electron chi connectivity index (χ1n) is 12.2. The monoisotopic (exact) mass is 452 g/mol. The van der Waals surface area contributed by atoms with Crippen molar-refractivity contribution in [1.29, 1.82) is 0 Å². The molecule has 174 valence electrons. The lowest BCUT2D eigenvalue weighted by molar-refractivity contribution is 0.723. The topological polar surface area (TPSA) is 109 Å². The molecule has 0 fully saturated rings. The van der Waals surface area contributed by atoms with Gasteiger partial charge in [0, 0.05) is 18.4 Å². The molecule has 0 unspecified atom stereocenters. The summed E-state index contributed by atoms with van der Waals surface area (Å²) in [6.07, 6.45) is 7.97. The Labute approximate surface area is 199 Å². The molecule has 34 heavy (non-hydrogen) atoms. The van der Waals surface area contributed by atoms with Crippen molar-refractivity contribution >= 4 is 21.8 Å². The molecular formula is C28H32N6. The van der Waals surface area contributed by atoms with Crippen LogP contribution in [0.5, 0.6) is 0 Å². The van der Waals surface area contributed by atoms with Crippen molar-refractivity contribution in [2.75, 3.05) is 13.1 Å². The SMILES string of the molecule is NCCCCc1ncc(-c2ccc3cc(-c4ccc5nc(CCCCN)[nH]c5c4)ccc3c2)[nH]1. The summed E-state index contributed by atoms with van der Waals surface area (Å²) >= 11 is 0. The average molecular weight is 453 g/mol. The Morgan fingerprint density at radius 1 is 0.647 bits per heavy atom. The summed E-state index contributed by atoms with van der Waals surface area (Å²) in [6, 6.07) is 19.7. The third kappa shape index (κ3) is 4.88. The number of benzene rings is 3. The highest BCUT2D eigenvalue weighted by atomic mass is 14.9. The van der Waals surface area contributed by atoms with E-state index in [1.165, 1.54) is 21.9 Å². The molecule has 2 heterocycles. The smallest absolute Gasteiger partial charge is 0.107 e. The van der Waals surface area contributed by atoms with Gasteiger partial charge in [-0.25, -0.2) is 9.97 Å². The van der Waals surface area contributed by atoms with Crippen molar-refractivity contribution in [3.63, 3.8) is 0 Å². The van der Waals surface area contributed by atoms with Crippen LogP contribution in [0.15, 0.2) is 60.8 Å². The van der Waals surface area contributed by atoms with E-state index in [2.05, 4.69) is 69.5 Å². The Kier molecular flexibility index (Phi) is 6.70. The Hall–Kier alpha value is -3.48. The van der Waals surface area contributed by atoms with E-state index in [0.29, 0.717) is 0 Å². The van der Waals surface area contributed by atoms with Gasteiger partial charge in [0.2, 0.25) is 0 Å². The molecule has 0 spiro atoms. The number of hydrogen-bond donors (Lipinski definition) is 4. The Bertz CT molecular complexity index is 1400. The van der Waals surface area contributed by atoms with Crippen LogP contribution in [0.4, 0.5) is 0 Å². The maximum Gasteiger partial charge on any atom is 0.107 e. The van der Waals surface area contributed by atoms with Gasteiger partial charge in [0.05, 0.1) is 22.9 Å². The van der Waals surface area contributed by atoms with Gasteiger partial charge >= 0.3 is 0 Å². The summed E-state index contributed by atoms with van der Waals surface area (Å²) < 4.78 is 0. The second-order valence-corrected chi connectivity index (χ2v) is 8.93. The van der Waals surface area contributed by atoms with Crippen molar-refractivity contribution < 1.29 is 0 Å². The second-order valence-electron chi connectivity index (χ2n) is 8.93. The van der Waals surface area contributed by atoms with Crippen molar-refractivity contribution in [2.45, 2.75) is 38.5 Å². The van der Waals surface area contributed by atoms with Gasteiger partial charge in [-0.3, -0.25) is 0 Å². The molecule has 6 heteroatoms. The molecule has 6 N–H and O–H groups in total. The normalized spacial score (nSPS) is 11.6. The molecule has 0 aliphatic heterocycles. The Morgan fingerprint density at radius 3 is 2.06 bits per heavy atom. The van der Waals surface area contributed by atoms with Crippen molar-refractivity contribution in [3.05, 3.63) is 72.4 Å². The molecule has 0 saturated heterocycles. The number of fused-ring (bicyclic) bond motifs is 2. The van der Waals surface area contributed by atoms with Gasteiger partial charge in [-0.2, -0.15) is 0 Å². The van der Waals surface area contributed by atoms with Crippen LogP contribution in [-0.2, 0) is 12.8 Å². The number of nitrogens with two attached hydrogens (primary N) is 2. The third-order valence-corrected chi connectivity index (χ3v) is 6.38. The molecule has 0 aliphatic rings. The minimum Gasteiger partial charge on any atom is -0.342 e. The zero-order valence-electron chi connectivity index (χ0n) is 19.5. The van der Waals surface area contributed by atoms with E-state index in [4.69, 9.17) is 16.5 Å². The minimum atomic E-state index is 0.728. The molecule has 0 aliphatic carbocycles. The molecule has 0 amide bonds. The van der Waals surface area contributed by atoms with Crippen LogP contribution < -0.4 is 11.5 Å². The molecule has 5 aromatic rings. The molecule has 3 aromatic carbocycles.